The number of hydrogen-bond acceptors (Lipinski definition) is 3. The number of amides is 1. The topological polar surface area (TPSA) is 50.9 Å². The molecule has 0 saturated carbocycles. The van der Waals surface area contributed by atoms with Crippen LogP contribution >= 0.6 is 0 Å². The Hall–Kier alpha value is -0.770. The third kappa shape index (κ3) is 2.70. The summed E-state index contributed by atoms with van der Waals surface area (Å²) in [6, 6.07) is 0.115. The maximum atomic E-state index is 11.0. The molecule has 0 radical (unpaired) electrons. The molecule has 12 heavy (non-hydrogen) atoms. The van der Waals surface area contributed by atoms with Crippen molar-refractivity contribution >= 4 is 6.09 Å². The van der Waals surface area contributed by atoms with E-state index in [1.165, 1.54) is 0 Å². The Labute approximate surface area is 72.2 Å². The minimum absolute atomic E-state index is 0.115. The van der Waals surface area contributed by atoms with Gasteiger partial charge < -0.3 is 14.8 Å². The molecular formula is C8H15NO3. The predicted molar refractivity (Wildman–Crippen MR) is 44.0 cm³/mol. The van der Waals surface area contributed by atoms with Crippen LogP contribution in [0.2, 0.25) is 0 Å². The summed E-state index contributed by atoms with van der Waals surface area (Å²) in [5.74, 6) is 0. The Morgan fingerprint density at radius 1 is 1.75 bits per heavy atom. The monoisotopic (exact) mass is 173 g/mol. The van der Waals surface area contributed by atoms with Crippen LogP contribution in [0.25, 0.3) is 0 Å². The fourth-order valence-electron chi connectivity index (χ4n) is 1.07. The van der Waals surface area contributed by atoms with E-state index >= 15 is 0 Å². The first kappa shape index (κ1) is 9.32. The lowest BCUT2D eigenvalue weighted by Gasteiger charge is -2.13. The molecule has 1 N–H and O–H groups in total. The van der Waals surface area contributed by atoms with Crippen LogP contribution in [-0.4, -0.2) is 31.5 Å². The summed E-state index contributed by atoms with van der Waals surface area (Å²) in [5, 5.41) is 2.74. The first-order chi connectivity index (χ1) is 5.77. The lowest BCUT2D eigenvalue weighted by molar-refractivity contribution is 0.145. The largest absolute Gasteiger partial charge is 0.450 e. The van der Waals surface area contributed by atoms with Crippen molar-refractivity contribution < 1.29 is 14.3 Å². The number of carbonyl (C=O) groups is 1. The highest BCUT2D eigenvalue weighted by Gasteiger charge is 2.32. The molecule has 1 aliphatic rings. The molecule has 0 bridgehead atoms. The normalized spacial score (nSPS) is 23.0. The maximum Gasteiger partial charge on any atom is 0.407 e. The van der Waals surface area contributed by atoms with Crippen molar-refractivity contribution in [1.29, 1.82) is 0 Å². The number of ether oxygens (including phenoxy) is 2. The van der Waals surface area contributed by atoms with Gasteiger partial charge in [0.2, 0.25) is 0 Å². The lowest BCUT2D eigenvalue weighted by atomic mass is 10.2. The fourth-order valence-corrected chi connectivity index (χ4v) is 1.07. The SMILES string of the molecule is CCOC(=O)NC(CC)[C@H]1CO1. The van der Waals surface area contributed by atoms with Crippen molar-refractivity contribution in [3.8, 4) is 0 Å². The summed E-state index contributed by atoms with van der Waals surface area (Å²) in [5.41, 5.74) is 0. The second-order valence-electron chi connectivity index (χ2n) is 2.75. The van der Waals surface area contributed by atoms with E-state index in [-0.39, 0.29) is 18.2 Å². The summed E-state index contributed by atoms with van der Waals surface area (Å²) in [6.45, 7) is 4.96. The van der Waals surface area contributed by atoms with E-state index in [9.17, 15) is 4.79 Å². The van der Waals surface area contributed by atoms with Crippen molar-refractivity contribution in [3.05, 3.63) is 0 Å². The summed E-state index contributed by atoms with van der Waals surface area (Å²) in [6.07, 6.45) is 0.739. The van der Waals surface area contributed by atoms with E-state index in [4.69, 9.17) is 9.47 Å². The van der Waals surface area contributed by atoms with E-state index < -0.39 is 0 Å². The van der Waals surface area contributed by atoms with Crippen LogP contribution in [0.5, 0.6) is 0 Å². The summed E-state index contributed by atoms with van der Waals surface area (Å²) in [7, 11) is 0. The number of epoxide rings is 1. The van der Waals surface area contributed by atoms with Crippen LogP contribution in [0.15, 0.2) is 0 Å². The summed E-state index contributed by atoms with van der Waals surface area (Å²) in [4.78, 5) is 11.0. The molecule has 4 heteroatoms. The van der Waals surface area contributed by atoms with Crippen molar-refractivity contribution in [2.75, 3.05) is 13.2 Å². The molecule has 70 valence electrons. The second kappa shape index (κ2) is 4.30. The molecule has 4 nitrogen and oxygen atoms in total. The molecule has 1 aliphatic heterocycles. The zero-order valence-corrected chi connectivity index (χ0v) is 7.50. The van der Waals surface area contributed by atoms with E-state index in [0.717, 1.165) is 13.0 Å². The van der Waals surface area contributed by atoms with Gasteiger partial charge in [0.15, 0.2) is 0 Å². The third-order valence-corrected chi connectivity index (χ3v) is 1.83. The molecule has 2 atom stereocenters. The van der Waals surface area contributed by atoms with Gasteiger partial charge in [-0.2, -0.15) is 0 Å². The van der Waals surface area contributed by atoms with Gasteiger partial charge in [0.05, 0.1) is 19.3 Å². The van der Waals surface area contributed by atoms with Gasteiger partial charge in [0.25, 0.3) is 0 Å². The van der Waals surface area contributed by atoms with Crippen molar-refractivity contribution in [2.24, 2.45) is 0 Å². The highest BCUT2D eigenvalue weighted by atomic mass is 16.6. The van der Waals surface area contributed by atoms with Gasteiger partial charge in [-0.15, -0.1) is 0 Å². The van der Waals surface area contributed by atoms with E-state index in [1.807, 2.05) is 6.92 Å². The summed E-state index contributed by atoms with van der Waals surface area (Å²) < 4.78 is 9.82. The van der Waals surface area contributed by atoms with Gasteiger partial charge in [0, 0.05) is 0 Å². The third-order valence-electron chi connectivity index (χ3n) is 1.83. The molecule has 0 spiro atoms. The molecule has 0 aromatic rings. The molecular weight excluding hydrogens is 158 g/mol. The minimum atomic E-state index is -0.347. The highest BCUT2D eigenvalue weighted by Crippen LogP contribution is 2.16. The molecule has 1 fully saturated rings. The van der Waals surface area contributed by atoms with Gasteiger partial charge >= 0.3 is 6.09 Å². The molecule has 0 aliphatic carbocycles. The predicted octanol–water partition coefficient (Wildman–Crippen LogP) is 0.910. The zero-order valence-electron chi connectivity index (χ0n) is 7.50. The van der Waals surface area contributed by atoms with Gasteiger partial charge in [-0.25, -0.2) is 4.79 Å². The second-order valence-corrected chi connectivity index (χ2v) is 2.75. The molecule has 1 saturated heterocycles. The van der Waals surface area contributed by atoms with Gasteiger partial charge in [0.1, 0.15) is 6.10 Å². The van der Waals surface area contributed by atoms with Crippen LogP contribution in [0, 0.1) is 0 Å². The van der Waals surface area contributed by atoms with Crippen molar-refractivity contribution in [2.45, 2.75) is 32.4 Å². The molecule has 1 heterocycles. The van der Waals surface area contributed by atoms with E-state index in [2.05, 4.69) is 5.32 Å². The van der Waals surface area contributed by atoms with Crippen LogP contribution in [-0.2, 0) is 9.47 Å². The molecule has 1 unspecified atom stereocenters. The molecule has 0 aromatic carbocycles. The Morgan fingerprint density at radius 3 is 2.83 bits per heavy atom. The number of nitrogens with one attached hydrogen (secondary N) is 1. The average molecular weight is 173 g/mol. The fraction of sp³-hybridized carbons (Fsp3) is 0.875. The van der Waals surface area contributed by atoms with Crippen LogP contribution in [0.3, 0.4) is 0 Å². The highest BCUT2D eigenvalue weighted by molar-refractivity contribution is 5.67. The average Bonchev–Trinajstić information content (AvgIpc) is 2.83. The zero-order chi connectivity index (χ0) is 8.97. The first-order valence-corrected chi connectivity index (χ1v) is 4.32. The Bertz CT molecular complexity index is 156. The number of rotatable bonds is 4. The van der Waals surface area contributed by atoms with E-state index in [0.29, 0.717) is 6.61 Å². The van der Waals surface area contributed by atoms with Gasteiger partial charge in [-0.05, 0) is 13.3 Å². The minimum Gasteiger partial charge on any atom is -0.450 e. The quantitative estimate of drug-likeness (QED) is 0.643. The van der Waals surface area contributed by atoms with Gasteiger partial charge in [-0.3, -0.25) is 0 Å². The maximum absolute atomic E-state index is 11.0. The lowest BCUT2D eigenvalue weighted by Crippen LogP contribution is -2.38. The molecule has 1 rings (SSSR count). The van der Waals surface area contributed by atoms with Gasteiger partial charge in [-0.1, -0.05) is 6.92 Å². The molecule has 0 aromatic heterocycles. The van der Waals surface area contributed by atoms with E-state index in [1.54, 1.807) is 6.92 Å². The number of hydrogen-bond donors (Lipinski definition) is 1. The Kier molecular flexibility index (Phi) is 3.34. The smallest absolute Gasteiger partial charge is 0.407 e. The molecule has 1 amide bonds. The number of alkyl carbamates (subject to hydrolysis) is 1. The first-order valence-electron chi connectivity index (χ1n) is 4.32. The summed E-state index contributed by atoms with van der Waals surface area (Å²) >= 11 is 0. The van der Waals surface area contributed by atoms with Crippen molar-refractivity contribution in [1.82, 2.24) is 5.32 Å². The Balaban J connectivity index is 2.21. The Morgan fingerprint density at radius 2 is 2.42 bits per heavy atom. The van der Waals surface area contributed by atoms with Crippen LogP contribution in [0.4, 0.5) is 4.79 Å². The van der Waals surface area contributed by atoms with Crippen molar-refractivity contribution in [3.63, 3.8) is 0 Å². The number of carbonyl (C=O) groups excluding carboxylic acids is 1. The standard InChI is InChI=1S/C8H15NO3/c1-3-6(7-5-12-7)9-8(10)11-4-2/h6-7H,3-5H2,1-2H3,(H,9,10)/t6?,7-/m1/s1. The van der Waals surface area contributed by atoms with Crippen LogP contribution < -0.4 is 5.32 Å². The van der Waals surface area contributed by atoms with Crippen LogP contribution in [0.1, 0.15) is 20.3 Å².